The van der Waals surface area contributed by atoms with Crippen molar-refractivity contribution in [1.29, 1.82) is 15.8 Å². The number of halogens is 8. The highest BCUT2D eigenvalue weighted by Crippen LogP contribution is 2.42. The molecule has 568 valence electrons. The number of nitrogens with zero attached hydrogens (tertiary/aromatic N) is 9. The van der Waals surface area contributed by atoms with Gasteiger partial charge in [-0.25, -0.2) is 23.4 Å². The van der Waals surface area contributed by atoms with Gasteiger partial charge in [-0.3, -0.25) is 19.7 Å². The number of phenols is 1. The van der Waals surface area contributed by atoms with Crippen molar-refractivity contribution in [1.82, 2.24) is 29.9 Å². The summed E-state index contributed by atoms with van der Waals surface area (Å²) in [4.78, 5) is 23.8. The summed E-state index contributed by atoms with van der Waals surface area (Å²) >= 11 is 47.4. The fourth-order valence-corrected chi connectivity index (χ4v) is 11.1. The molecule has 9 aromatic rings. The Bertz CT molecular complexity index is 4410. The lowest BCUT2D eigenvalue weighted by atomic mass is 9.77. The third kappa shape index (κ3) is 28.9. The molecule has 19 nitrogen and oxygen atoms in total. The van der Waals surface area contributed by atoms with E-state index in [4.69, 9.17) is 122 Å². The minimum absolute atomic E-state index is 0. The van der Waals surface area contributed by atoms with Crippen LogP contribution in [-0.4, -0.2) is 92.3 Å². The Kier molecular flexibility index (Phi) is 44.0. The van der Waals surface area contributed by atoms with Gasteiger partial charge in [-0.05, 0) is 106 Å². The number of ether oxygens (including phenoxy) is 5. The minimum Gasteiger partial charge on any atom is -0.508 e. The van der Waals surface area contributed by atoms with Crippen molar-refractivity contribution in [3.05, 3.63) is 239 Å². The number of sulfonamides is 1. The number of nitrogens with one attached hydrogen (secondary N) is 1. The summed E-state index contributed by atoms with van der Waals surface area (Å²) in [7, 11) is -3.45. The van der Waals surface area contributed by atoms with E-state index in [-0.39, 0.29) is 109 Å². The summed E-state index contributed by atoms with van der Waals surface area (Å²) in [5.41, 5.74) is 7.13. The van der Waals surface area contributed by atoms with E-state index in [1.807, 2.05) is 94.4 Å². The molecule has 0 aliphatic rings. The molecule has 0 saturated heterocycles. The van der Waals surface area contributed by atoms with E-state index in [9.17, 15) is 29.3 Å². The van der Waals surface area contributed by atoms with Crippen LogP contribution < -0.4 is 28.4 Å². The second-order valence-corrected chi connectivity index (χ2v) is 27.5. The summed E-state index contributed by atoms with van der Waals surface area (Å²) in [5.74, 6) is 3.61. The quantitative estimate of drug-likeness (QED) is 0.0474. The predicted molar refractivity (Wildman–Crippen MR) is 431 cm³/mol. The van der Waals surface area contributed by atoms with Gasteiger partial charge in [0.05, 0.1) is 117 Å². The van der Waals surface area contributed by atoms with Crippen LogP contribution in [0.1, 0.15) is 161 Å². The highest BCUT2D eigenvalue weighted by molar-refractivity contribution is 7.92. The van der Waals surface area contributed by atoms with Gasteiger partial charge in [0.25, 0.3) is 0 Å². The number of rotatable bonds is 24. The van der Waals surface area contributed by atoms with Gasteiger partial charge in [0.15, 0.2) is 23.1 Å². The highest BCUT2D eigenvalue weighted by Gasteiger charge is 2.29. The zero-order valence-electron chi connectivity index (χ0n) is 53.9. The van der Waals surface area contributed by atoms with Crippen LogP contribution in [0.2, 0.25) is 25.4 Å². The Hall–Kier alpha value is -8.14. The first-order valence-electron chi connectivity index (χ1n) is 29.5. The van der Waals surface area contributed by atoms with E-state index in [1.54, 1.807) is 48.7 Å². The van der Waals surface area contributed by atoms with E-state index in [0.29, 0.717) is 106 Å². The standard InChI is InChI=1S/C24H24Cl2N4O4S.C23H20Cl3N3O2.C18H17Cl2NO2.C5H5ClN2O.7CH4/c1-24(2,18-10-16(12-27)23(21(26)11-18)33-9-8-25)17-4-6-20(7-5-17)34-15-19-13-28-14-22(29-19)30-35(3,31)32;1-23(2,17-9-15(11-27)22(20(25)10-17)30-8-7-24)16-3-5-19(6-4-16)31-14-18-12-28-13-21(26)29-18;1-18(2,13-3-5-15(22)6-4-13)14-9-12(11-21)17(16(20)10-14)23-8-7-19;6-5-2-7-1-4(3-9)8-5;;;;;;;/h4-7,10-11,13-14H,8-9,15H2,1-3H3,(H,29,30);3-6,9-10,12-13H,7-8,14H2,1-2H3;3-6,9-10,22H,7-8H2,1-2H3;1-2,9H,3H2;7*1H4. The molecule has 9 rings (SSSR count). The van der Waals surface area contributed by atoms with Crippen LogP contribution in [0.3, 0.4) is 0 Å². The number of phenolic OH excluding ortho intramolecular Hbond substituents is 1. The third-order valence-electron chi connectivity index (χ3n) is 14.6. The van der Waals surface area contributed by atoms with Crippen LogP contribution in [0.15, 0.2) is 146 Å². The van der Waals surface area contributed by atoms with Crippen molar-refractivity contribution in [3.8, 4) is 52.7 Å². The molecule has 0 aliphatic heterocycles. The maximum absolute atomic E-state index is 11.4. The Labute approximate surface area is 661 Å². The monoisotopic (exact) mass is 1610 g/mol. The van der Waals surface area contributed by atoms with Crippen LogP contribution in [0.5, 0.6) is 34.5 Å². The Morgan fingerprint density at radius 1 is 0.438 bits per heavy atom. The van der Waals surface area contributed by atoms with Crippen LogP contribution in [0.4, 0.5) is 5.82 Å². The molecule has 28 heteroatoms. The highest BCUT2D eigenvalue weighted by atomic mass is 35.5. The van der Waals surface area contributed by atoms with E-state index in [1.165, 1.54) is 31.0 Å². The van der Waals surface area contributed by atoms with Gasteiger partial charge in [-0.2, -0.15) is 15.8 Å². The number of benzene rings is 6. The number of aromatic hydroxyl groups is 1. The molecule has 0 bridgehead atoms. The largest absolute Gasteiger partial charge is 0.508 e. The molecule has 3 aromatic heterocycles. The molecule has 0 unspecified atom stereocenters. The topological polar surface area (TPSA) is 281 Å². The lowest BCUT2D eigenvalue weighted by Crippen LogP contribution is -2.19. The number of alkyl halides is 3. The molecule has 105 heavy (non-hydrogen) atoms. The maximum atomic E-state index is 11.4. The number of anilines is 1. The second kappa shape index (κ2) is 46.7. The van der Waals surface area contributed by atoms with Gasteiger partial charge >= 0.3 is 0 Å². The third-order valence-corrected chi connectivity index (χ3v) is 16.8. The van der Waals surface area contributed by atoms with Crippen LogP contribution in [0, 0.1) is 34.0 Å². The zero-order valence-corrected chi connectivity index (χ0v) is 60.8. The van der Waals surface area contributed by atoms with Crippen molar-refractivity contribution >= 4 is 109 Å². The first kappa shape index (κ1) is 98.9. The molecule has 0 fully saturated rings. The maximum Gasteiger partial charge on any atom is 0.231 e. The number of aromatic nitrogens is 6. The number of nitriles is 3. The van der Waals surface area contributed by atoms with E-state index in [2.05, 4.69) is 66.7 Å². The summed E-state index contributed by atoms with van der Waals surface area (Å²) in [6.07, 6.45) is 9.83. The minimum atomic E-state index is -3.45. The normalized spacial score (nSPS) is 10.4. The molecule has 0 atom stereocenters. The summed E-state index contributed by atoms with van der Waals surface area (Å²) in [6.45, 7) is 13.3. The predicted octanol–water partition coefficient (Wildman–Crippen LogP) is 21.0. The molecule has 6 aromatic carbocycles. The fraction of sp³-hybridized carbons (Fsp3) is 0.338. The van der Waals surface area contributed by atoms with E-state index < -0.39 is 20.9 Å². The molecule has 3 heterocycles. The molecule has 0 aliphatic carbocycles. The van der Waals surface area contributed by atoms with Gasteiger partial charge < -0.3 is 33.9 Å². The SMILES string of the molecule is C.C.C.C.C.C.C.CC(C)(c1ccc(O)cc1)c1cc(Cl)c(OCCCl)c(C#N)c1.CC(C)(c1ccc(OCc2cncc(Cl)n2)cc1)c1cc(Cl)c(OCCCl)c(C#N)c1.CC(C)(c1ccc(OCc2cncc(NS(C)(=O)=O)n2)cc1)c1cc(Cl)c(OCCCl)c(C#N)c1.OCc1cncc(Cl)n1. The van der Waals surface area contributed by atoms with Crippen LogP contribution in [0.25, 0.3) is 0 Å². The van der Waals surface area contributed by atoms with Crippen LogP contribution in [-0.2, 0) is 46.1 Å². The summed E-state index contributed by atoms with van der Waals surface area (Å²) < 4.78 is 53.2. The average Bonchev–Trinajstić information content (AvgIpc) is 0.795. The molecule has 0 spiro atoms. The number of aliphatic hydroxyl groups excluding tert-OH is 1. The molecular formula is C77H94Cl8N10O9S. The van der Waals surface area contributed by atoms with Gasteiger partial charge in [-0.1, -0.05) is 188 Å². The van der Waals surface area contributed by atoms with Crippen molar-refractivity contribution in [2.75, 3.05) is 48.4 Å². The number of hydrogen-bond donors (Lipinski definition) is 3. The Morgan fingerprint density at radius 2 is 0.743 bits per heavy atom. The van der Waals surface area contributed by atoms with Crippen molar-refractivity contribution < 1.29 is 42.3 Å². The molecular weight excluding hydrogens is 1520 g/mol. The number of hydrogen-bond acceptors (Lipinski definition) is 18. The van der Waals surface area contributed by atoms with Crippen LogP contribution >= 0.6 is 92.8 Å². The van der Waals surface area contributed by atoms with Gasteiger partial charge in [0.2, 0.25) is 10.0 Å². The molecule has 0 radical (unpaired) electrons. The lowest BCUT2D eigenvalue weighted by molar-refractivity contribution is 0.276. The van der Waals surface area contributed by atoms with Gasteiger partial charge in [0, 0.05) is 16.2 Å². The van der Waals surface area contributed by atoms with E-state index in [0.717, 1.165) is 39.6 Å². The summed E-state index contributed by atoms with van der Waals surface area (Å²) in [6, 6.07) is 39.5. The average molecular weight is 1620 g/mol. The second-order valence-electron chi connectivity index (χ2n) is 22.6. The smallest absolute Gasteiger partial charge is 0.231 e. The Balaban J connectivity index is 0. The fourth-order valence-electron chi connectivity index (χ4n) is 9.22. The first-order valence-corrected chi connectivity index (χ1v) is 34.9. The first-order chi connectivity index (χ1) is 46.6. The van der Waals surface area contributed by atoms with Crippen molar-refractivity contribution in [3.63, 3.8) is 0 Å². The van der Waals surface area contributed by atoms with Gasteiger partial charge in [-0.15, -0.1) is 34.8 Å². The lowest BCUT2D eigenvalue weighted by Gasteiger charge is -2.27. The van der Waals surface area contributed by atoms with Crippen molar-refractivity contribution in [2.45, 2.75) is 130 Å². The molecule has 0 amide bonds. The molecule has 0 saturated carbocycles. The van der Waals surface area contributed by atoms with E-state index >= 15 is 0 Å². The molecule has 3 N–H and O–H groups in total. The van der Waals surface area contributed by atoms with Gasteiger partial charge in [0.1, 0.15) is 78.8 Å². The van der Waals surface area contributed by atoms with Crippen molar-refractivity contribution in [2.24, 2.45) is 0 Å². The number of aliphatic hydroxyl groups is 1. The summed E-state index contributed by atoms with van der Waals surface area (Å²) in [5, 5.41) is 48.2. The Morgan fingerprint density at radius 3 is 1.04 bits per heavy atom. The zero-order chi connectivity index (χ0) is 71.8.